The summed E-state index contributed by atoms with van der Waals surface area (Å²) in [5, 5.41) is 10.8. The van der Waals surface area contributed by atoms with Crippen molar-refractivity contribution >= 4 is 23.2 Å². The van der Waals surface area contributed by atoms with Gasteiger partial charge < -0.3 is 9.64 Å². The van der Waals surface area contributed by atoms with Crippen molar-refractivity contribution < 1.29 is 14.5 Å². The standard InChI is InChI=1S/C13H15ClN2O4/c1-9-6-10(2-3-12(9)16(18)19)13(17)15-4-5-20-8-11(15)7-14/h2-3,6,11H,4-5,7-8H2,1H3. The third-order valence-corrected chi connectivity index (χ3v) is 3.66. The molecule has 1 aliphatic rings. The highest BCUT2D eigenvalue weighted by atomic mass is 35.5. The summed E-state index contributed by atoms with van der Waals surface area (Å²) < 4.78 is 5.30. The van der Waals surface area contributed by atoms with Gasteiger partial charge in [-0.1, -0.05) is 0 Å². The van der Waals surface area contributed by atoms with Gasteiger partial charge in [0.05, 0.1) is 24.2 Å². The van der Waals surface area contributed by atoms with Gasteiger partial charge in [-0.2, -0.15) is 0 Å². The molecule has 20 heavy (non-hydrogen) atoms. The minimum atomic E-state index is -0.458. The quantitative estimate of drug-likeness (QED) is 0.486. The molecule has 0 spiro atoms. The Balaban J connectivity index is 2.24. The summed E-state index contributed by atoms with van der Waals surface area (Å²) >= 11 is 5.84. The van der Waals surface area contributed by atoms with Crippen LogP contribution in [0.1, 0.15) is 15.9 Å². The zero-order valence-corrected chi connectivity index (χ0v) is 11.8. The van der Waals surface area contributed by atoms with Crippen LogP contribution in [0.4, 0.5) is 5.69 Å². The van der Waals surface area contributed by atoms with E-state index in [0.717, 1.165) is 0 Å². The molecule has 1 aromatic rings. The number of ether oxygens (including phenoxy) is 1. The summed E-state index contributed by atoms with van der Waals surface area (Å²) in [6.45, 7) is 2.99. The Hall–Kier alpha value is -1.66. The van der Waals surface area contributed by atoms with Crippen molar-refractivity contribution in [1.29, 1.82) is 0 Å². The van der Waals surface area contributed by atoms with Crippen molar-refractivity contribution in [2.24, 2.45) is 0 Å². The lowest BCUT2D eigenvalue weighted by molar-refractivity contribution is -0.385. The van der Waals surface area contributed by atoms with Crippen LogP contribution >= 0.6 is 11.6 Å². The van der Waals surface area contributed by atoms with Crippen LogP contribution in [-0.2, 0) is 4.74 Å². The zero-order valence-electron chi connectivity index (χ0n) is 11.0. The second kappa shape index (κ2) is 6.19. The fourth-order valence-electron chi connectivity index (χ4n) is 2.21. The topological polar surface area (TPSA) is 72.7 Å². The molecule has 1 aliphatic heterocycles. The molecule has 1 amide bonds. The average Bonchev–Trinajstić information content (AvgIpc) is 2.45. The lowest BCUT2D eigenvalue weighted by Crippen LogP contribution is -2.49. The molecule has 6 nitrogen and oxygen atoms in total. The molecule has 7 heteroatoms. The number of nitro groups is 1. The third-order valence-electron chi connectivity index (χ3n) is 3.31. The van der Waals surface area contributed by atoms with Crippen LogP contribution in [-0.4, -0.2) is 47.4 Å². The minimum Gasteiger partial charge on any atom is -0.377 e. The number of nitrogens with zero attached hydrogens (tertiary/aromatic N) is 2. The molecule has 1 atom stereocenters. The number of rotatable bonds is 3. The SMILES string of the molecule is Cc1cc(C(=O)N2CCOCC2CCl)ccc1[N+](=O)[O-]. The maximum Gasteiger partial charge on any atom is 0.272 e. The van der Waals surface area contributed by atoms with Crippen LogP contribution in [0.25, 0.3) is 0 Å². The van der Waals surface area contributed by atoms with E-state index >= 15 is 0 Å². The van der Waals surface area contributed by atoms with E-state index in [4.69, 9.17) is 16.3 Å². The van der Waals surface area contributed by atoms with Gasteiger partial charge in [-0.15, -0.1) is 11.6 Å². The molecule has 1 unspecified atom stereocenters. The van der Waals surface area contributed by atoms with E-state index in [2.05, 4.69) is 0 Å². The number of carbonyl (C=O) groups excluding carboxylic acids is 1. The van der Waals surface area contributed by atoms with Crippen molar-refractivity contribution in [2.45, 2.75) is 13.0 Å². The molecular formula is C13H15ClN2O4. The molecular weight excluding hydrogens is 284 g/mol. The van der Waals surface area contributed by atoms with Crippen molar-refractivity contribution in [3.63, 3.8) is 0 Å². The fourth-order valence-corrected chi connectivity index (χ4v) is 2.46. The average molecular weight is 299 g/mol. The fraction of sp³-hybridized carbons (Fsp3) is 0.462. The van der Waals surface area contributed by atoms with Crippen LogP contribution in [0, 0.1) is 17.0 Å². The van der Waals surface area contributed by atoms with Crippen LogP contribution in [0.5, 0.6) is 0 Å². The van der Waals surface area contributed by atoms with Crippen LogP contribution in [0.15, 0.2) is 18.2 Å². The Bertz CT molecular complexity index is 535. The van der Waals surface area contributed by atoms with E-state index < -0.39 is 4.92 Å². The lowest BCUT2D eigenvalue weighted by Gasteiger charge is -2.34. The Morgan fingerprint density at radius 2 is 2.35 bits per heavy atom. The summed E-state index contributed by atoms with van der Waals surface area (Å²) in [5.74, 6) is 0.134. The number of hydrogen-bond donors (Lipinski definition) is 0. The van der Waals surface area contributed by atoms with Gasteiger partial charge in [0.2, 0.25) is 0 Å². The van der Waals surface area contributed by atoms with E-state index in [1.807, 2.05) is 0 Å². The smallest absolute Gasteiger partial charge is 0.272 e. The summed E-state index contributed by atoms with van der Waals surface area (Å²) in [7, 11) is 0. The molecule has 0 N–H and O–H groups in total. The number of aryl methyl sites for hydroxylation is 1. The highest BCUT2D eigenvalue weighted by Gasteiger charge is 2.28. The maximum absolute atomic E-state index is 12.4. The van der Waals surface area contributed by atoms with Gasteiger partial charge >= 0.3 is 0 Å². The molecule has 1 heterocycles. The summed E-state index contributed by atoms with van der Waals surface area (Å²) in [6, 6.07) is 4.22. The highest BCUT2D eigenvalue weighted by Crippen LogP contribution is 2.21. The molecule has 0 aliphatic carbocycles. The summed E-state index contributed by atoms with van der Waals surface area (Å²) in [5.41, 5.74) is 0.916. The Morgan fingerprint density at radius 1 is 1.60 bits per heavy atom. The number of amides is 1. The molecule has 1 fully saturated rings. The van der Waals surface area contributed by atoms with Crippen LogP contribution < -0.4 is 0 Å². The number of halogens is 1. The number of morpholine rings is 1. The second-order valence-electron chi connectivity index (χ2n) is 4.64. The van der Waals surface area contributed by atoms with Gasteiger partial charge in [-0.3, -0.25) is 14.9 Å². The van der Waals surface area contributed by atoms with E-state index in [-0.39, 0.29) is 17.6 Å². The zero-order chi connectivity index (χ0) is 14.7. The molecule has 0 aromatic heterocycles. The molecule has 108 valence electrons. The monoisotopic (exact) mass is 298 g/mol. The second-order valence-corrected chi connectivity index (χ2v) is 4.95. The molecule has 0 bridgehead atoms. The predicted molar refractivity (Wildman–Crippen MR) is 74.2 cm³/mol. The van der Waals surface area contributed by atoms with E-state index in [1.165, 1.54) is 12.1 Å². The Morgan fingerprint density at radius 3 is 2.95 bits per heavy atom. The van der Waals surface area contributed by atoms with E-state index in [1.54, 1.807) is 17.9 Å². The van der Waals surface area contributed by atoms with E-state index in [9.17, 15) is 14.9 Å². The van der Waals surface area contributed by atoms with Gasteiger partial charge in [-0.05, 0) is 19.1 Å². The number of carbonyl (C=O) groups is 1. The largest absolute Gasteiger partial charge is 0.377 e. The van der Waals surface area contributed by atoms with Crippen molar-refractivity contribution in [3.8, 4) is 0 Å². The van der Waals surface area contributed by atoms with E-state index in [0.29, 0.717) is 36.8 Å². The maximum atomic E-state index is 12.4. The minimum absolute atomic E-state index is 0.0115. The molecule has 0 saturated carbocycles. The number of benzene rings is 1. The third kappa shape index (κ3) is 2.91. The predicted octanol–water partition coefficient (Wildman–Crippen LogP) is 1.98. The van der Waals surface area contributed by atoms with Crippen LogP contribution in [0.2, 0.25) is 0 Å². The number of hydrogen-bond acceptors (Lipinski definition) is 4. The van der Waals surface area contributed by atoms with Crippen molar-refractivity contribution in [2.75, 3.05) is 25.6 Å². The number of nitro benzene ring substituents is 1. The lowest BCUT2D eigenvalue weighted by atomic mass is 10.1. The molecule has 1 saturated heterocycles. The molecule has 2 rings (SSSR count). The van der Waals surface area contributed by atoms with Gasteiger partial charge in [0.1, 0.15) is 0 Å². The first-order chi connectivity index (χ1) is 9.54. The Labute approximate surface area is 121 Å². The van der Waals surface area contributed by atoms with Crippen molar-refractivity contribution in [3.05, 3.63) is 39.4 Å². The summed E-state index contributed by atoms with van der Waals surface area (Å²) in [4.78, 5) is 24.4. The normalized spacial score (nSPS) is 18.9. The van der Waals surface area contributed by atoms with Gasteiger partial charge in [0.15, 0.2) is 0 Å². The van der Waals surface area contributed by atoms with Gasteiger partial charge in [0.25, 0.3) is 11.6 Å². The molecule has 0 radical (unpaired) electrons. The number of alkyl halides is 1. The first kappa shape index (κ1) is 14.7. The van der Waals surface area contributed by atoms with Gasteiger partial charge in [-0.25, -0.2) is 0 Å². The molecule has 1 aromatic carbocycles. The first-order valence-electron chi connectivity index (χ1n) is 6.24. The summed E-state index contributed by atoms with van der Waals surface area (Å²) in [6.07, 6.45) is 0. The highest BCUT2D eigenvalue weighted by molar-refractivity contribution is 6.18. The first-order valence-corrected chi connectivity index (χ1v) is 6.77. The van der Waals surface area contributed by atoms with Crippen molar-refractivity contribution in [1.82, 2.24) is 4.90 Å². The van der Waals surface area contributed by atoms with Crippen LogP contribution in [0.3, 0.4) is 0 Å². The van der Waals surface area contributed by atoms with Gasteiger partial charge in [0, 0.05) is 29.6 Å². The Kier molecular flexibility index (Phi) is 4.57.